The summed E-state index contributed by atoms with van der Waals surface area (Å²) in [7, 11) is 1.88. The van der Waals surface area contributed by atoms with Crippen LogP contribution in [-0.4, -0.2) is 18.1 Å². The third-order valence-electron chi connectivity index (χ3n) is 2.82. The molecule has 0 fully saturated rings. The molecule has 2 aromatic rings. The summed E-state index contributed by atoms with van der Waals surface area (Å²) in [5.41, 5.74) is 1.59. The van der Waals surface area contributed by atoms with E-state index >= 15 is 0 Å². The summed E-state index contributed by atoms with van der Waals surface area (Å²) in [6.45, 7) is 0.446. The van der Waals surface area contributed by atoms with E-state index in [2.05, 4.69) is 0 Å². The van der Waals surface area contributed by atoms with Crippen molar-refractivity contribution in [3.8, 4) is 0 Å². The Morgan fingerprint density at radius 3 is 2.53 bits per heavy atom. The molecular weight excluding hydrogens is 245 g/mol. The standard InChI is InChI=1S/C15H14FNO2/c1-17(14-5-3-2-4-6-14)10-11-7-12(15(18)19)9-13(16)8-11/h2-9H,10H2,1H3,(H,18,19). The van der Waals surface area contributed by atoms with Crippen LogP contribution in [0.15, 0.2) is 48.5 Å². The number of hydrogen-bond acceptors (Lipinski definition) is 2. The molecule has 0 aromatic heterocycles. The number of rotatable bonds is 4. The van der Waals surface area contributed by atoms with Gasteiger partial charge in [0.25, 0.3) is 0 Å². The monoisotopic (exact) mass is 259 g/mol. The lowest BCUT2D eigenvalue weighted by molar-refractivity contribution is 0.0696. The second kappa shape index (κ2) is 5.52. The maximum absolute atomic E-state index is 13.4. The lowest BCUT2D eigenvalue weighted by Gasteiger charge is -2.19. The summed E-state index contributed by atoms with van der Waals surface area (Å²) >= 11 is 0. The van der Waals surface area contributed by atoms with Gasteiger partial charge in [-0.05, 0) is 35.9 Å². The van der Waals surface area contributed by atoms with E-state index in [1.54, 1.807) is 0 Å². The van der Waals surface area contributed by atoms with Gasteiger partial charge in [0.15, 0.2) is 0 Å². The lowest BCUT2D eigenvalue weighted by atomic mass is 10.1. The fraction of sp³-hybridized carbons (Fsp3) is 0.133. The minimum Gasteiger partial charge on any atom is -0.478 e. The Labute approximate surface area is 110 Å². The van der Waals surface area contributed by atoms with Crippen LogP contribution in [0.25, 0.3) is 0 Å². The molecule has 0 saturated heterocycles. The topological polar surface area (TPSA) is 40.5 Å². The highest BCUT2D eigenvalue weighted by Crippen LogP contribution is 2.16. The smallest absolute Gasteiger partial charge is 0.335 e. The molecule has 0 atom stereocenters. The molecular formula is C15H14FNO2. The van der Waals surface area contributed by atoms with E-state index in [0.29, 0.717) is 12.1 Å². The second-order valence-corrected chi connectivity index (χ2v) is 4.34. The van der Waals surface area contributed by atoms with Crippen LogP contribution in [0.4, 0.5) is 10.1 Å². The zero-order valence-electron chi connectivity index (χ0n) is 10.5. The van der Waals surface area contributed by atoms with Gasteiger partial charge in [-0.2, -0.15) is 0 Å². The van der Waals surface area contributed by atoms with Gasteiger partial charge in [-0.25, -0.2) is 9.18 Å². The molecule has 4 heteroatoms. The molecule has 0 aliphatic heterocycles. The van der Waals surface area contributed by atoms with E-state index in [4.69, 9.17) is 5.11 Å². The average molecular weight is 259 g/mol. The summed E-state index contributed by atoms with van der Waals surface area (Å²) in [5, 5.41) is 8.90. The Hall–Kier alpha value is -2.36. The summed E-state index contributed by atoms with van der Waals surface area (Å²) in [6, 6.07) is 13.5. The Morgan fingerprint density at radius 1 is 1.21 bits per heavy atom. The van der Waals surface area contributed by atoms with Crippen molar-refractivity contribution in [3.63, 3.8) is 0 Å². The first kappa shape index (κ1) is 13.1. The predicted molar refractivity (Wildman–Crippen MR) is 71.9 cm³/mol. The first-order valence-electron chi connectivity index (χ1n) is 5.85. The van der Waals surface area contributed by atoms with Gasteiger partial charge in [0.05, 0.1) is 5.56 Å². The molecule has 0 amide bonds. The molecule has 0 bridgehead atoms. The molecule has 0 aliphatic rings. The number of halogens is 1. The Balaban J connectivity index is 2.21. The second-order valence-electron chi connectivity index (χ2n) is 4.34. The number of carboxylic acids is 1. The molecule has 0 saturated carbocycles. The van der Waals surface area contributed by atoms with Crippen LogP contribution >= 0.6 is 0 Å². The van der Waals surface area contributed by atoms with Crippen molar-refractivity contribution in [1.29, 1.82) is 0 Å². The van der Waals surface area contributed by atoms with Crippen molar-refractivity contribution in [1.82, 2.24) is 0 Å². The molecule has 19 heavy (non-hydrogen) atoms. The number of para-hydroxylation sites is 1. The number of carbonyl (C=O) groups is 1. The van der Waals surface area contributed by atoms with E-state index in [0.717, 1.165) is 11.8 Å². The number of nitrogens with zero attached hydrogens (tertiary/aromatic N) is 1. The van der Waals surface area contributed by atoms with Crippen molar-refractivity contribution in [2.75, 3.05) is 11.9 Å². The molecule has 2 aromatic carbocycles. The van der Waals surface area contributed by atoms with E-state index in [-0.39, 0.29) is 5.56 Å². The van der Waals surface area contributed by atoms with Gasteiger partial charge in [-0.3, -0.25) is 0 Å². The fourth-order valence-electron chi connectivity index (χ4n) is 1.91. The van der Waals surface area contributed by atoms with Crippen molar-refractivity contribution in [3.05, 3.63) is 65.5 Å². The summed E-state index contributed by atoms with van der Waals surface area (Å²) < 4.78 is 13.4. The number of aromatic carboxylic acids is 1. The molecule has 0 spiro atoms. The van der Waals surface area contributed by atoms with E-state index < -0.39 is 11.8 Å². The Bertz CT molecular complexity index is 584. The van der Waals surface area contributed by atoms with E-state index in [1.807, 2.05) is 42.3 Å². The van der Waals surface area contributed by atoms with Gasteiger partial charge in [0.2, 0.25) is 0 Å². The minimum absolute atomic E-state index is 0.0311. The van der Waals surface area contributed by atoms with Gasteiger partial charge < -0.3 is 10.0 Å². The van der Waals surface area contributed by atoms with E-state index in [9.17, 15) is 9.18 Å². The molecule has 3 nitrogen and oxygen atoms in total. The molecule has 0 aliphatic carbocycles. The van der Waals surface area contributed by atoms with Gasteiger partial charge in [0, 0.05) is 19.3 Å². The van der Waals surface area contributed by atoms with Crippen molar-refractivity contribution in [2.24, 2.45) is 0 Å². The summed E-state index contributed by atoms with van der Waals surface area (Å²) in [4.78, 5) is 12.8. The van der Waals surface area contributed by atoms with Crippen LogP contribution in [0.1, 0.15) is 15.9 Å². The van der Waals surface area contributed by atoms with Crippen LogP contribution < -0.4 is 4.90 Å². The molecule has 98 valence electrons. The van der Waals surface area contributed by atoms with Crippen molar-refractivity contribution < 1.29 is 14.3 Å². The number of carboxylic acid groups (broad SMARTS) is 1. The SMILES string of the molecule is CN(Cc1cc(F)cc(C(=O)O)c1)c1ccccc1. The minimum atomic E-state index is -1.12. The largest absolute Gasteiger partial charge is 0.478 e. The van der Waals surface area contributed by atoms with Crippen LogP contribution in [0.3, 0.4) is 0 Å². The quantitative estimate of drug-likeness (QED) is 0.916. The Morgan fingerprint density at radius 2 is 1.89 bits per heavy atom. The van der Waals surface area contributed by atoms with E-state index in [1.165, 1.54) is 12.1 Å². The maximum atomic E-state index is 13.4. The van der Waals surface area contributed by atoms with Gasteiger partial charge >= 0.3 is 5.97 Å². The molecule has 0 heterocycles. The number of hydrogen-bond donors (Lipinski definition) is 1. The number of benzene rings is 2. The Kier molecular flexibility index (Phi) is 3.80. The first-order chi connectivity index (χ1) is 9.06. The predicted octanol–water partition coefficient (Wildman–Crippen LogP) is 3.16. The zero-order chi connectivity index (χ0) is 13.8. The van der Waals surface area contributed by atoms with Crippen LogP contribution in [0.5, 0.6) is 0 Å². The highest BCUT2D eigenvalue weighted by atomic mass is 19.1. The average Bonchev–Trinajstić information content (AvgIpc) is 2.39. The third kappa shape index (κ3) is 3.31. The van der Waals surface area contributed by atoms with Gasteiger partial charge in [-0.15, -0.1) is 0 Å². The molecule has 0 unspecified atom stereocenters. The van der Waals surface area contributed by atoms with Crippen LogP contribution in [0, 0.1) is 5.82 Å². The third-order valence-corrected chi connectivity index (χ3v) is 2.82. The van der Waals surface area contributed by atoms with Gasteiger partial charge in [-0.1, -0.05) is 18.2 Å². The fourth-order valence-corrected chi connectivity index (χ4v) is 1.91. The number of anilines is 1. The van der Waals surface area contributed by atoms with Crippen LogP contribution in [-0.2, 0) is 6.54 Å². The van der Waals surface area contributed by atoms with Crippen molar-refractivity contribution >= 4 is 11.7 Å². The molecule has 2 rings (SSSR count). The normalized spacial score (nSPS) is 10.2. The highest BCUT2D eigenvalue weighted by molar-refractivity contribution is 5.87. The lowest BCUT2D eigenvalue weighted by Crippen LogP contribution is -2.16. The maximum Gasteiger partial charge on any atom is 0.335 e. The molecule has 1 N–H and O–H groups in total. The van der Waals surface area contributed by atoms with Gasteiger partial charge in [0.1, 0.15) is 5.82 Å². The van der Waals surface area contributed by atoms with Crippen LogP contribution in [0.2, 0.25) is 0 Å². The first-order valence-corrected chi connectivity index (χ1v) is 5.85. The zero-order valence-corrected chi connectivity index (χ0v) is 10.5. The molecule has 0 radical (unpaired) electrons. The summed E-state index contributed by atoms with van der Waals surface area (Å²) in [6.07, 6.45) is 0. The highest BCUT2D eigenvalue weighted by Gasteiger charge is 2.09. The van der Waals surface area contributed by atoms with Crippen molar-refractivity contribution in [2.45, 2.75) is 6.54 Å². The summed E-state index contributed by atoms with van der Waals surface area (Å²) in [5.74, 6) is -1.65.